The van der Waals surface area contributed by atoms with E-state index in [9.17, 15) is 9.59 Å². The second-order valence-corrected chi connectivity index (χ2v) is 5.63. The molecule has 1 aromatic heterocycles. The van der Waals surface area contributed by atoms with Gasteiger partial charge < -0.3 is 15.0 Å². The standard InChI is InChI=1S/C15H17ClN2O3/c1-9(15(20)21)8-18(2)14(19)5-10-7-17-13-4-3-11(16)6-12(10)13/h3-4,6-7,9,17H,5,8H2,1-2H3,(H,20,21). The van der Waals surface area contributed by atoms with E-state index in [1.54, 1.807) is 26.2 Å². The number of fused-ring (bicyclic) bond motifs is 1. The number of aliphatic carboxylic acids is 1. The van der Waals surface area contributed by atoms with Crippen LogP contribution in [-0.2, 0) is 16.0 Å². The molecule has 2 N–H and O–H groups in total. The lowest BCUT2D eigenvalue weighted by Crippen LogP contribution is -2.34. The Balaban J connectivity index is 2.11. The third kappa shape index (κ3) is 3.55. The zero-order valence-corrected chi connectivity index (χ0v) is 12.6. The molecule has 1 heterocycles. The summed E-state index contributed by atoms with van der Waals surface area (Å²) in [5.74, 6) is -1.62. The first-order valence-corrected chi connectivity index (χ1v) is 6.98. The van der Waals surface area contributed by atoms with Gasteiger partial charge in [0.25, 0.3) is 0 Å². The number of carboxylic acid groups (broad SMARTS) is 1. The zero-order valence-electron chi connectivity index (χ0n) is 11.9. The van der Waals surface area contributed by atoms with Crippen molar-refractivity contribution in [2.45, 2.75) is 13.3 Å². The molecule has 2 aromatic rings. The summed E-state index contributed by atoms with van der Waals surface area (Å²) in [5, 5.41) is 10.4. The van der Waals surface area contributed by atoms with Gasteiger partial charge in [-0.15, -0.1) is 0 Å². The maximum Gasteiger partial charge on any atom is 0.308 e. The lowest BCUT2D eigenvalue weighted by Gasteiger charge is -2.19. The Hall–Kier alpha value is -2.01. The van der Waals surface area contributed by atoms with E-state index >= 15 is 0 Å². The second kappa shape index (κ2) is 6.18. The van der Waals surface area contributed by atoms with Crippen LogP contribution >= 0.6 is 11.6 Å². The van der Waals surface area contributed by atoms with E-state index in [-0.39, 0.29) is 18.9 Å². The van der Waals surface area contributed by atoms with Crippen LogP contribution in [0.4, 0.5) is 0 Å². The minimum Gasteiger partial charge on any atom is -0.481 e. The molecule has 0 bridgehead atoms. The van der Waals surface area contributed by atoms with E-state index in [1.807, 2.05) is 12.1 Å². The highest BCUT2D eigenvalue weighted by atomic mass is 35.5. The fourth-order valence-electron chi connectivity index (χ4n) is 2.19. The fourth-order valence-corrected chi connectivity index (χ4v) is 2.36. The van der Waals surface area contributed by atoms with Crippen molar-refractivity contribution < 1.29 is 14.7 Å². The minimum absolute atomic E-state index is 0.121. The number of hydrogen-bond acceptors (Lipinski definition) is 2. The number of halogens is 1. The van der Waals surface area contributed by atoms with Gasteiger partial charge in [0, 0.05) is 35.7 Å². The van der Waals surface area contributed by atoms with Crippen molar-refractivity contribution in [2.24, 2.45) is 5.92 Å². The van der Waals surface area contributed by atoms with Gasteiger partial charge in [0.2, 0.25) is 5.91 Å². The van der Waals surface area contributed by atoms with Crippen LogP contribution in [0.15, 0.2) is 24.4 Å². The predicted octanol–water partition coefficient (Wildman–Crippen LogP) is 2.54. The van der Waals surface area contributed by atoms with Crippen LogP contribution in [0.25, 0.3) is 10.9 Å². The summed E-state index contributed by atoms with van der Waals surface area (Å²) < 4.78 is 0. The zero-order chi connectivity index (χ0) is 15.6. The number of hydrogen-bond donors (Lipinski definition) is 2. The second-order valence-electron chi connectivity index (χ2n) is 5.19. The minimum atomic E-state index is -0.909. The van der Waals surface area contributed by atoms with E-state index in [4.69, 9.17) is 16.7 Å². The largest absolute Gasteiger partial charge is 0.481 e. The summed E-state index contributed by atoms with van der Waals surface area (Å²) in [4.78, 5) is 27.6. The van der Waals surface area contributed by atoms with Crippen molar-refractivity contribution >= 4 is 34.4 Å². The van der Waals surface area contributed by atoms with Crippen LogP contribution in [-0.4, -0.2) is 40.5 Å². The number of nitrogens with one attached hydrogen (secondary N) is 1. The molecule has 0 spiro atoms. The molecule has 0 aliphatic carbocycles. The van der Waals surface area contributed by atoms with E-state index in [0.717, 1.165) is 16.5 Å². The number of amides is 1. The highest BCUT2D eigenvalue weighted by Crippen LogP contribution is 2.23. The van der Waals surface area contributed by atoms with Gasteiger partial charge in [0.1, 0.15) is 0 Å². The average molecular weight is 309 g/mol. The van der Waals surface area contributed by atoms with Crippen molar-refractivity contribution in [1.29, 1.82) is 0 Å². The molecule has 0 saturated heterocycles. The number of carboxylic acids is 1. The molecule has 6 heteroatoms. The van der Waals surface area contributed by atoms with Gasteiger partial charge in [-0.3, -0.25) is 9.59 Å². The Labute approximate surface area is 127 Å². The fraction of sp³-hybridized carbons (Fsp3) is 0.333. The highest BCUT2D eigenvalue weighted by molar-refractivity contribution is 6.31. The molecule has 21 heavy (non-hydrogen) atoms. The van der Waals surface area contributed by atoms with Crippen molar-refractivity contribution in [2.75, 3.05) is 13.6 Å². The Morgan fingerprint density at radius 2 is 2.14 bits per heavy atom. The summed E-state index contributed by atoms with van der Waals surface area (Å²) in [6, 6.07) is 5.46. The normalized spacial score (nSPS) is 12.3. The van der Waals surface area contributed by atoms with Gasteiger partial charge in [0.05, 0.1) is 12.3 Å². The van der Waals surface area contributed by atoms with Crippen LogP contribution in [0.2, 0.25) is 5.02 Å². The maximum atomic E-state index is 12.2. The number of nitrogens with zero attached hydrogens (tertiary/aromatic N) is 1. The molecule has 1 atom stereocenters. The van der Waals surface area contributed by atoms with Crippen LogP contribution in [0.1, 0.15) is 12.5 Å². The van der Waals surface area contributed by atoms with Gasteiger partial charge in [0.15, 0.2) is 0 Å². The molecule has 0 saturated carbocycles. The third-order valence-corrected chi connectivity index (χ3v) is 3.70. The molecule has 0 fully saturated rings. The summed E-state index contributed by atoms with van der Waals surface area (Å²) in [7, 11) is 1.61. The molecule has 2 rings (SSSR count). The summed E-state index contributed by atoms with van der Waals surface area (Å²) in [6.07, 6.45) is 2.00. The van der Waals surface area contributed by atoms with Gasteiger partial charge in [-0.2, -0.15) is 0 Å². The summed E-state index contributed by atoms with van der Waals surface area (Å²) in [5.41, 5.74) is 1.77. The molecule has 1 unspecified atom stereocenters. The monoisotopic (exact) mass is 308 g/mol. The van der Waals surface area contributed by atoms with Crippen LogP contribution in [0, 0.1) is 5.92 Å². The number of aromatic nitrogens is 1. The quantitative estimate of drug-likeness (QED) is 0.891. The first-order chi connectivity index (χ1) is 9.88. The molecule has 5 nitrogen and oxygen atoms in total. The lowest BCUT2D eigenvalue weighted by atomic mass is 10.1. The number of benzene rings is 1. The van der Waals surface area contributed by atoms with Gasteiger partial charge >= 0.3 is 5.97 Å². The lowest BCUT2D eigenvalue weighted by molar-refractivity contribution is -0.142. The molecule has 0 aliphatic rings. The SMILES string of the molecule is CC(CN(C)C(=O)Cc1c[nH]c2ccc(Cl)cc12)C(=O)O. The van der Waals surface area contributed by atoms with E-state index in [0.29, 0.717) is 5.02 Å². The topological polar surface area (TPSA) is 73.4 Å². The molecule has 112 valence electrons. The molecule has 0 aliphatic heterocycles. The third-order valence-electron chi connectivity index (χ3n) is 3.47. The Kier molecular flexibility index (Phi) is 4.53. The first kappa shape index (κ1) is 15.4. The first-order valence-electron chi connectivity index (χ1n) is 6.60. The molecular formula is C15H17ClN2O3. The smallest absolute Gasteiger partial charge is 0.308 e. The predicted molar refractivity (Wildman–Crippen MR) is 81.4 cm³/mol. The molecular weight excluding hydrogens is 292 g/mol. The number of carbonyl (C=O) groups excluding carboxylic acids is 1. The molecule has 1 aromatic carbocycles. The van der Waals surface area contributed by atoms with Gasteiger partial charge in [-0.25, -0.2) is 0 Å². The van der Waals surface area contributed by atoms with E-state index < -0.39 is 11.9 Å². The van der Waals surface area contributed by atoms with Crippen LogP contribution in [0.5, 0.6) is 0 Å². The van der Waals surface area contributed by atoms with Crippen molar-refractivity contribution in [3.8, 4) is 0 Å². The number of rotatable bonds is 5. The number of carbonyl (C=O) groups is 2. The van der Waals surface area contributed by atoms with Crippen molar-refractivity contribution in [3.05, 3.63) is 35.0 Å². The Morgan fingerprint density at radius 3 is 2.81 bits per heavy atom. The van der Waals surface area contributed by atoms with Gasteiger partial charge in [-0.05, 0) is 23.8 Å². The van der Waals surface area contributed by atoms with E-state index in [1.165, 1.54) is 4.90 Å². The average Bonchev–Trinajstić information content (AvgIpc) is 2.81. The summed E-state index contributed by atoms with van der Waals surface area (Å²) >= 11 is 5.98. The van der Waals surface area contributed by atoms with Crippen LogP contribution in [0.3, 0.4) is 0 Å². The van der Waals surface area contributed by atoms with Gasteiger partial charge in [-0.1, -0.05) is 18.5 Å². The summed E-state index contributed by atoms with van der Waals surface area (Å²) in [6.45, 7) is 1.77. The molecule has 1 amide bonds. The van der Waals surface area contributed by atoms with Crippen molar-refractivity contribution in [3.63, 3.8) is 0 Å². The van der Waals surface area contributed by atoms with Crippen LogP contribution < -0.4 is 0 Å². The maximum absolute atomic E-state index is 12.2. The Morgan fingerprint density at radius 1 is 1.43 bits per heavy atom. The number of likely N-dealkylation sites (N-methyl/N-ethyl adjacent to an activating group) is 1. The molecule has 0 radical (unpaired) electrons. The van der Waals surface area contributed by atoms with Crippen molar-refractivity contribution in [1.82, 2.24) is 9.88 Å². The number of H-pyrrole nitrogens is 1. The number of aromatic amines is 1. The highest BCUT2D eigenvalue weighted by Gasteiger charge is 2.18. The van der Waals surface area contributed by atoms with E-state index in [2.05, 4.69) is 4.98 Å². The Bertz CT molecular complexity index is 681.